The first-order chi connectivity index (χ1) is 14.1. The van der Waals surface area contributed by atoms with E-state index in [-0.39, 0.29) is 18.1 Å². The van der Waals surface area contributed by atoms with Gasteiger partial charge in [-0.25, -0.2) is 9.50 Å². The molecule has 1 aliphatic heterocycles. The number of carbonyl (C=O) groups is 1. The van der Waals surface area contributed by atoms with E-state index in [1.165, 1.54) is 6.08 Å². The Bertz CT molecular complexity index is 1090. The number of amides is 1. The summed E-state index contributed by atoms with van der Waals surface area (Å²) in [6.45, 7) is 4.16. The summed E-state index contributed by atoms with van der Waals surface area (Å²) in [6.07, 6.45) is 16.2. The molecule has 4 rings (SSSR count). The summed E-state index contributed by atoms with van der Waals surface area (Å²) in [6, 6.07) is 1.52. The minimum Gasteiger partial charge on any atom is -0.473 e. The first-order valence-corrected chi connectivity index (χ1v) is 9.48. The molecular formula is C21H22N6O2. The average molecular weight is 390 g/mol. The number of rotatable bonds is 4. The molecule has 1 amide bonds. The van der Waals surface area contributed by atoms with Crippen molar-refractivity contribution in [1.82, 2.24) is 29.3 Å². The van der Waals surface area contributed by atoms with Crippen LogP contribution in [0.3, 0.4) is 0 Å². The molecule has 8 nitrogen and oxygen atoms in total. The Morgan fingerprint density at radius 1 is 1.41 bits per heavy atom. The smallest absolute Gasteiger partial charge is 0.246 e. The van der Waals surface area contributed by atoms with Gasteiger partial charge in [0.25, 0.3) is 0 Å². The Kier molecular flexibility index (Phi) is 5.04. The summed E-state index contributed by atoms with van der Waals surface area (Å²) in [5.74, 6) is 3.07. The largest absolute Gasteiger partial charge is 0.473 e. The van der Waals surface area contributed by atoms with Gasteiger partial charge in [0.05, 0.1) is 30.3 Å². The topological polar surface area (TPSA) is 77.6 Å². The second-order valence-electron chi connectivity index (χ2n) is 7.03. The van der Waals surface area contributed by atoms with Gasteiger partial charge in [-0.2, -0.15) is 10.2 Å². The molecule has 4 heterocycles. The van der Waals surface area contributed by atoms with Gasteiger partial charge in [-0.05, 0) is 25.0 Å². The van der Waals surface area contributed by atoms with E-state index in [1.54, 1.807) is 26.5 Å². The van der Waals surface area contributed by atoms with Crippen molar-refractivity contribution in [1.29, 1.82) is 0 Å². The molecule has 2 atom stereocenters. The third-order valence-electron chi connectivity index (χ3n) is 5.07. The van der Waals surface area contributed by atoms with Crippen molar-refractivity contribution in [2.45, 2.75) is 31.4 Å². The molecule has 29 heavy (non-hydrogen) atoms. The Labute approximate surface area is 168 Å². The van der Waals surface area contributed by atoms with E-state index in [1.807, 2.05) is 25.5 Å². The summed E-state index contributed by atoms with van der Waals surface area (Å²) >= 11 is 0. The van der Waals surface area contributed by atoms with E-state index in [9.17, 15) is 4.79 Å². The molecule has 148 valence electrons. The van der Waals surface area contributed by atoms with Crippen molar-refractivity contribution in [2.75, 3.05) is 6.54 Å². The Hall–Kier alpha value is -3.60. The normalized spacial score (nSPS) is 19.5. The van der Waals surface area contributed by atoms with Crippen LogP contribution in [0.1, 0.15) is 19.3 Å². The molecule has 1 saturated heterocycles. The predicted octanol–water partition coefficient (Wildman–Crippen LogP) is 2.08. The molecule has 0 aromatic carbocycles. The van der Waals surface area contributed by atoms with Crippen molar-refractivity contribution in [3.8, 4) is 29.5 Å². The molecular weight excluding hydrogens is 368 g/mol. The van der Waals surface area contributed by atoms with E-state index in [4.69, 9.17) is 16.1 Å². The monoisotopic (exact) mass is 390 g/mol. The van der Waals surface area contributed by atoms with Gasteiger partial charge in [-0.1, -0.05) is 12.5 Å². The molecule has 0 spiro atoms. The van der Waals surface area contributed by atoms with Crippen molar-refractivity contribution >= 4 is 11.4 Å². The number of likely N-dealkylation sites (tertiary alicyclic amines) is 1. The van der Waals surface area contributed by atoms with Gasteiger partial charge in [0.15, 0.2) is 0 Å². The molecule has 3 aromatic rings. The maximum Gasteiger partial charge on any atom is 0.246 e. The van der Waals surface area contributed by atoms with Crippen LogP contribution >= 0.6 is 0 Å². The fourth-order valence-corrected chi connectivity index (χ4v) is 3.62. The molecule has 0 radical (unpaired) electrons. The lowest BCUT2D eigenvalue weighted by molar-refractivity contribution is -0.127. The third kappa shape index (κ3) is 3.72. The molecule has 0 unspecified atom stereocenters. The van der Waals surface area contributed by atoms with Crippen LogP contribution in [0.15, 0.2) is 43.5 Å². The zero-order valence-corrected chi connectivity index (χ0v) is 16.2. The van der Waals surface area contributed by atoms with E-state index in [0.717, 1.165) is 29.6 Å². The van der Waals surface area contributed by atoms with Crippen LogP contribution in [-0.2, 0) is 11.8 Å². The number of nitrogens with zero attached hydrogens (tertiary/aromatic N) is 6. The van der Waals surface area contributed by atoms with E-state index in [2.05, 4.69) is 22.7 Å². The van der Waals surface area contributed by atoms with Crippen LogP contribution < -0.4 is 4.74 Å². The Morgan fingerprint density at radius 2 is 2.28 bits per heavy atom. The molecule has 1 fully saturated rings. The maximum atomic E-state index is 12.1. The fourth-order valence-electron chi connectivity index (χ4n) is 3.62. The summed E-state index contributed by atoms with van der Waals surface area (Å²) in [5.41, 5.74) is 2.37. The van der Waals surface area contributed by atoms with Crippen molar-refractivity contribution < 1.29 is 9.53 Å². The Balaban J connectivity index is 1.63. The van der Waals surface area contributed by atoms with Crippen LogP contribution in [0.4, 0.5) is 0 Å². The van der Waals surface area contributed by atoms with Crippen molar-refractivity contribution in [3.63, 3.8) is 0 Å². The minimum absolute atomic E-state index is 0.150. The second-order valence-corrected chi connectivity index (χ2v) is 7.03. The number of hydrogen-bond donors (Lipinski definition) is 0. The van der Waals surface area contributed by atoms with Crippen LogP contribution in [0.5, 0.6) is 5.88 Å². The summed E-state index contributed by atoms with van der Waals surface area (Å²) < 4.78 is 9.78. The highest BCUT2D eigenvalue weighted by Gasteiger charge is 2.29. The van der Waals surface area contributed by atoms with E-state index < -0.39 is 0 Å². The van der Waals surface area contributed by atoms with Crippen LogP contribution in [-0.4, -0.2) is 53.9 Å². The van der Waals surface area contributed by atoms with Gasteiger partial charge in [-0.15, -0.1) is 6.42 Å². The van der Waals surface area contributed by atoms with Gasteiger partial charge >= 0.3 is 0 Å². The molecule has 0 bridgehead atoms. The highest BCUT2D eigenvalue weighted by atomic mass is 16.5. The minimum atomic E-state index is -0.338. The third-order valence-corrected chi connectivity index (χ3v) is 5.07. The lowest BCUT2D eigenvalue weighted by Gasteiger charge is -2.26. The highest BCUT2D eigenvalue weighted by molar-refractivity contribution is 5.87. The number of fused-ring (bicyclic) bond motifs is 1. The standard InChI is InChI=1S/C21H22N6O2/c1-4-16-11-17(7-6-10-26(16)20(28)5-2)29-21-19-8-9-22-27(19)14-18(24-21)15-12-23-25(3)13-15/h1,5,8-9,12-14,16-17H,2,6-7,10-11H2,3H3/t16-,17+/m1/s1. The lowest BCUT2D eigenvalue weighted by Crippen LogP contribution is -2.39. The second kappa shape index (κ2) is 7.80. The summed E-state index contributed by atoms with van der Waals surface area (Å²) in [4.78, 5) is 18.5. The number of ether oxygens (including phenoxy) is 1. The predicted molar refractivity (Wildman–Crippen MR) is 108 cm³/mol. The zero-order chi connectivity index (χ0) is 20.4. The van der Waals surface area contributed by atoms with Crippen molar-refractivity contribution in [3.05, 3.63) is 43.5 Å². The average Bonchev–Trinajstić information content (AvgIpc) is 3.32. The summed E-state index contributed by atoms with van der Waals surface area (Å²) in [5, 5.41) is 8.55. The van der Waals surface area contributed by atoms with Crippen LogP contribution in [0.2, 0.25) is 0 Å². The fraction of sp³-hybridized carbons (Fsp3) is 0.333. The molecule has 8 heteroatoms. The van der Waals surface area contributed by atoms with Gasteiger partial charge in [-0.3, -0.25) is 9.48 Å². The van der Waals surface area contributed by atoms with Gasteiger partial charge < -0.3 is 9.64 Å². The molecule has 0 saturated carbocycles. The van der Waals surface area contributed by atoms with Crippen molar-refractivity contribution in [2.24, 2.45) is 7.05 Å². The van der Waals surface area contributed by atoms with Crippen LogP contribution in [0, 0.1) is 12.3 Å². The van der Waals surface area contributed by atoms with Crippen LogP contribution in [0.25, 0.3) is 16.8 Å². The zero-order valence-electron chi connectivity index (χ0n) is 16.2. The Morgan fingerprint density at radius 3 is 3.00 bits per heavy atom. The first kappa shape index (κ1) is 18.7. The maximum absolute atomic E-state index is 12.1. The van der Waals surface area contributed by atoms with Gasteiger partial charge in [0.2, 0.25) is 11.8 Å². The SMILES string of the molecule is C#C[C@@H]1C[C@@H](Oc2nc(-c3cnn(C)c3)cn3nccc23)CCCN1C(=O)C=C. The number of aromatic nitrogens is 5. The van der Waals surface area contributed by atoms with Gasteiger partial charge in [0.1, 0.15) is 11.6 Å². The quantitative estimate of drug-likeness (QED) is 0.504. The van der Waals surface area contributed by atoms with E-state index in [0.29, 0.717) is 18.8 Å². The number of terminal acetylenes is 1. The molecule has 3 aromatic heterocycles. The molecule has 1 aliphatic rings. The molecule has 0 N–H and O–H groups in total. The highest BCUT2D eigenvalue weighted by Crippen LogP contribution is 2.27. The summed E-state index contributed by atoms with van der Waals surface area (Å²) in [7, 11) is 1.86. The first-order valence-electron chi connectivity index (χ1n) is 9.48. The number of carbonyl (C=O) groups excluding carboxylic acids is 1. The lowest BCUT2D eigenvalue weighted by atomic mass is 10.1. The van der Waals surface area contributed by atoms with Gasteiger partial charge in [0, 0.05) is 31.8 Å². The van der Waals surface area contributed by atoms with E-state index >= 15 is 0 Å². The number of hydrogen-bond acceptors (Lipinski definition) is 5. The number of aryl methyl sites for hydroxylation is 1. The molecule has 0 aliphatic carbocycles.